The zero-order valence-corrected chi connectivity index (χ0v) is 10.5. The van der Waals surface area contributed by atoms with Crippen LogP contribution in [0, 0.1) is 0 Å². The molecule has 5 nitrogen and oxygen atoms in total. The van der Waals surface area contributed by atoms with Crippen LogP contribution >= 0.6 is 11.6 Å². The minimum Gasteiger partial charge on any atom is -0.478 e. The number of anilines is 1. The molecule has 1 aromatic carbocycles. The van der Waals surface area contributed by atoms with Gasteiger partial charge in [-0.1, -0.05) is 17.7 Å². The molecule has 0 amide bonds. The van der Waals surface area contributed by atoms with Crippen LogP contribution in [0.2, 0.25) is 5.02 Å². The first-order valence-electron chi connectivity index (χ1n) is 5.40. The monoisotopic (exact) mass is 275 g/mol. The van der Waals surface area contributed by atoms with Crippen LogP contribution in [0.5, 0.6) is 0 Å². The van der Waals surface area contributed by atoms with Gasteiger partial charge < -0.3 is 5.11 Å². The van der Waals surface area contributed by atoms with Crippen molar-refractivity contribution in [3.8, 4) is 0 Å². The number of hydrogen-bond acceptors (Lipinski definition) is 4. The molecule has 0 atom stereocenters. The number of carbonyl (C=O) groups is 1. The third kappa shape index (κ3) is 3.53. The fraction of sp³-hybridized carbons (Fsp3) is 0. The number of aromatic carboxylic acids is 1. The van der Waals surface area contributed by atoms with Crippen LogP contribution in [0.25, 0.3) is 0 Å². The minimum absolute atomic E-state index is 0.0275. The zero-order valence-electron chi connectivity index (χ0n) is 9.75. The Morgan fingerprint density at radius 1 is 1.37 bits per heavy atom. The highest BCUT2D eigenvalue weighted by Crippen LogP contribution is 2.20. The van der Waals surface area contributed by atoms with Gasteiger partial charge in [0.1, 0.15) is 0 Å². The normalized spacial score (nSPS) is 10.6. The standard InChI is InChI=1S/C13H10ClN3O2/c14-12-5-4-9(7-11(12)13(18)19)17-16-8-10-3-1-2-6-15-10/h1-8,17H,(H,18,19). The number of nitrogens with one attached hydrogen (secondary N) is 1. The second kappa shape index (κ2) is 5.97. The molecule has 0 saturated carbocycles. The van der Waals surface area contributed by atoms with Gasteiger partial charge in [-0.25, -0.2) is 4.79 Å². The molecular weight excluding hydrogens is 266 g/mol. The molecule has 0 aliphatic heterocycles. The highest BCUT2D eigenvalue weighted by Gasteiger charge is 2.08. The average molecular weight is 276 g/mol. The molecule has 0 fully saturated rings. The van der Waals surface area contributed by atoms with Crippen molar-refractivity contribution < 1.29 is 9.90 Å². The van der Waals surface area contributed by atoms with E-state index in [4.69, 9.17) is 16.7 Å². The minimum atomic E-state index is -1.08. The van der Waals surface area contributed by atoms with E-state index >= 15 is 0 Å². The van der Waals surface area contributed by atoms with Crippen LogP contribution in [-0.4, -0.2) is 22.3 Å². The molecule has 2 aromatic rings. The molecule has 19 heavy (non-hydrogen) atoms. The highest BCUT2D eigenvalue weighted by atomic mass is 35.5. The first-order valence-corrected chi connectivity index (χ1v) is 5.77. The van der Waals surface area contributed by atoms with Crippen molar-refractivity contribution in [2.75, 3.05) is 5.43 Å². The van der Waals surface area contributed by atoms with Gasteiger partial charge >= 0.3 is 5.97 Å². The quantitative estimate of drug-likeness (QED) is 0.665. The Hall–Kier alpha value is -2.40. The van der Waals surface area contributed by atoms with Gasteiger partial charge in [-0.2, -0.15) is 5.10 Å². The number of benzene rings is 1. The van der Waals surface area contributed by atoms with E-state index in [9.17, 15) is 4.79 Å². The summed E-state index contributed by atoms with van der Waals surface area (Å²) in [5.41, 5.74) is 3.98. The molecule has 0 unspecified atom stereocenters. The summed E-state index contributed by atoms with van der Waals surface area (Å²) < 4.78 is 0. The number of carboxylic acids is 1. The fourth-order valence-electron chi connectivity index (χ4n) is 1.38. The maximum atomic E-state index is 10.9. The van der Waals surface area contributed by atoms with E-state index in [1.54, 1.807) is 18.3 Å². The summed E-state index contributed by atoms with van der Waals surface area (Å²) in [5, 5.41) is 13.1. The number of rotatable bonds is 4. The SMILES string of the molecule is O=C(O)c1cc(NN=Cc2ccccn2)ccc1Cl. The molecule has 0 saturated heterocycles. The first-order chi connectivity index (χ1) is 9.16. The van der Waals surface area contributed by atoms with Crippen LogP contribution in [0.4, 0.5) is 5.69 Å². The lowest BCUT2D eigenvalue weighted by atomic mass is 10.2. The molecule has 0 bridgehead atoms. The van der Waals surface area contributed by atoms with Crippen LogP contribution in [0.15, 0.2) is 47.7 Å². The molecule has 2 rings (SSSR count). The second-order valence-corrected chi connectivity index (χ2v) is 4.03. The number of hydrazone groups is 1. The first kappa shape index (κ1) is 13.0. The molecule has 0 spiro atoms. The predicted octanol–water partition coefficient (Wildman–Crippen LogP) is 2.88. The summed E-state index contributed by atoms with van der Waals surface area (Å²) in [4.78, 5) is 15.0. The molecular formula is C13H10ClN3O2. The van der Waals surface area contributed by atoms with E-state index in [-0.39, 0.29) is 10.6 Å². The van der Waals surface area contributed by atoms with Crippen LogP contribution in [0.3, 0.4) is 0 Å². The number of halogens is 1. The summed E-state index contributed by atoms with van der Waals surface area (Å²) in [6.45, 7) is 0. The smallest absolute Gasteiger partial charge is 0.337 e. The molecule has 0 aliphatic rings. The summed E-state index contributed by atoms with van der Waals surface area (Å²) in [7, 11) is 0. The molecule has 0 aliphatic carbocycles. The lowest BCUT2D eigenvalue weighted by Gasteiger charge is -2.03. The fourth-order valence-corrected chi connectivity index (χ4v) is 1.58. The average Bonchev–Trinajstić information content (AvgIpc) is 2.41. The van der Waals surface area contributed by atoms with Crippen molar-refractivity contribution >= 4 is 29.5 Å². The third-order valence-electron chi connectivity index (χ3n) is 2.28. The van der Waals surface area contributed by atoms with Gasteiger partial charge in [0.15, 0.2) is 0 Å². The van der Waals surface area contributed by atoms with Gasteiger partial charge in [-0.05, 0) is 30.3 Å². The summed E-state index contributed by atoms with van der Waals surface area (Å²) in [6, 6.07) is 10.0. The topological polar surface area (TPSA) is 74.6 Å². The van der Waals surface area contributed by atoms with Gasteiger partial charge in [-0.3, -0.25) is 10.4 Å². The number of pyridine rings is 1. The number of hydrogen-bond donors (Lipinski definition) is 2. The predicted molar refractivity (Wildman–Crippen MR) is 73.9 cm³/mol. The Morgan fingerprint density at radius 2 is 2.21 bits per heavy atom. The van der Waals surface area contributed by atoms with Gasteiger partial charge in [0.05, 0.1) is 28.2 Å². The zero-order chi connectivity index (χ0) is 13.7. The van der Waals surface area contributed by atoms with E-state index in [0.717, 1.165) is 0 Å². The van der Waals surface area contributed by atoms with Gasteiger partial charge in [-0.15, -0.1) is 0 Å². The Kier molecular flexibility index (Phi) is 4.10. The van der Waals surface area contributed by atoms with Crippen LogP contribution in [-0.2, 0) is 0 Å². The van der Waals surface area contributed by atoms with Gasteiger partial charge in [0.2, 0.25) is 0 Å². The summed E-state index contributed by atoms with van der Waals surface area (Å²) in [6.07, 6.45) is 3.20. The molecule has 1 aromatic heterocycles. The largest absolute Gasteiger partial charge is 0.478 e. The third-order valence-corrected chi connectivity index (χ3v) is 2.60. The maximum absolute atomic E-state index is 10.9. The van der Waals surface area contributed by atoms with E-state index in [0.29, 0.717) is 11.4 Å². The van der Waals surface area contributed by atoms with Crippen LogP contribution < -0.4 is 5.43 Å². The van der Waals surface area contributed by atoms with E-state index in [1.807, 2.05) is 12.1 Å². The molecule has 1 heterocycles. The lowest BCUT2D eigenvalue weighted by molar-refractivity contribution is 0.0697. The van der Waals surface area contributed by atoms with E-state index in [2.05, 4.69) is 15.5 Å². The second-order valence-electron chi connectivity index (χ2n) is 3.62. The van der Waals surface area contributed by atoms with Crippen LogP contribution in [0.1, 0.15) is 16.1 Å². The lowest BCUT2D eigenvalue weighted by Crippen LogP contribution is -1.99. The van der Waals surface area contributed by atoms with E-state index in [1.165, 1.54) is 18.3 Å². The number of nitrogens with zero attached hydrogens (tertiary/aromatic N) is 2. The van der Waals surface area contributed by atoms with Gasteiger partial charge in [0, 0.05) is 6.20 Å². The maximum Gasteiger partial charge on any atom is 0.337 e. The number of carboxylic acid groups (broad SMARTS) is 1. The Balaban J connectivity index is 2.10. The molecule has 6 heteroatoms. The van der Waals surface area contributed by atoms with Crippen molar-refractivity contribution in [2.24, 2.45) is 5.10 Å². The Labute approximate surface area is 114 Å². The van der Waals surface area contributed by atoms with Crippen molar-refractivity contribution in [3.05, 3.63) is 58.9 Å². The Morgan fingerprint density at radius 3 is 2.89 bits per heavy atom. The highest BCUT2D eigenvalue weighted by molar-refractivity contribution is 6.33. The Bertz CT molecular complexity index is 615. The summed E-state index contributed by atoms with van der Waals surface area (Å²) in [5.74, 6) is -1.08. The van der Waals surface area contributed by atoms with Crippen molar-refractivity contribution in [1.82, 2.24) is 4.98 Å². The molecule has 0 radical (unpaired) electrons. The van der Waals surface area contributed by atoms with Gasteiger partial charge in [0.25, 0.3) is 0 Å². The van der Waals surface area contributed by atoms with E-state index < -0.39 is 5.97 Å². The molecule has 2 N–H and O–H groups in total. The van der Waals surface area contributed by atoms with Crippen molar-refractivity contribution in [1.29, 1.82) is 0 Å². The summed E-state index contributed by atoms with van der Waals surface area (Å²) >= 11 is 5.76. The molecule has 96 valence electrons. The number of aromatic nitrogens is 1. The van der Waals surface area contributed by atoms with Crippen molar-refractivity contribution in [2.45, 2.75) is 0 Å². The van der Waals surface area contributed by atoms with Crippen molar-refractivity contribution in [3.63, 3.8) is 0 Å².